The fourth-order valence-corrected chi connectivity index (χ4v) is 5.23. The van der Waals surface area contributed by atoms with Gasteiger partial charge in [-0.2, -0.15) is 0 Å². The molecule has 0 bridgehead atoms. The van der Waals surface area contributed by atoms with Crippen LogP contribution in [0.3, 0.4) is 0 Å². The van der Waals surface area contributed by atoms with E-state index in [1.165, 1.54) is 6.33 Å². The van der Waals surface area contributed by atoms with Crippen LogP contribution < -0.4 is 5.32 Å². The van der Waals surface area contributed by atoms with Gasteiger partial charge in [0.25, 0.3) is 5.91 Å². The molecule has 0 saturated carbocycles. The van der Waals surface area contributed by atoms with Crippen molar-refractivity contribution in [2.45, 2.75) is 64.3 Å². The molecule has 1 amide bonds. The predicted octanol–water partition coefficient (Wildman–Crippen LogP) is 3.99. The second kappa shape index (κ2) is 9.18. The molecule has 1 aromatic carbocycles. The molecule has 4 rings (SSSR count). The number of imidazole rings is 1. The van der Waals surface area contributed by atoms with Crippen LogP contribution in [0.2, 0.25) is 18.1 Å². The molecule has 3 aromatic rings. The fraction of sp³-hybridized carbons (Fsp3) is 0.500. The number of aliphatic hydroxyl groups is 1. The van der Waals surface area contributed by atoms with Crippen molar-refractivity contribution in [3.8, 4) is 0 Å². The summed E-state index contributed by atoms with van der Waals surface area (Å²) < 4.78 is 14.9. The van der Waals surface area contributed by atoms with Crippen LogP contribution in [0.4, 0.5) is 5.82 Å². The number of rotatable bonds is 6. The van der Waals surface area contributed by atoms with E-state index < -0.39 is 14.5 Å². The van der Waals surface area contributed by atoms with Crippen LogP contribution in [-0.4, -0.2) is 57.7 Å². The normalized spacial score (nSPS) is 23.4. The molecular formula is C24H33N5O4Si. The van der Waals surface area contributed by atoms with Crippen molar-refractivity contribution in [1.29, 1.82) is 0 Å². The second-order valence-electron chi connectivity index (χ2n) is 10.3. The molecule has 1 aliphatic heterocycles. The summed E-state index contributed by atoms with van der Waals surface area (Å²) in [6.45, 7) is 12.9. The summed E-state index contributed by atoms with van der Waals surface area (Å²) in [6.07, 6.45) is 1.87. The highest BCUT2D eigenvalue weighted by Gasteiger charge is 2.49. The van der Waals surface area contributed by atoms with Crippen molar-refractivity contribution in [3.63, 3.8) is 0 Å². The number of hydrogen-bond donors (Lipinski definition) is 2. The van der Waals surface area contributed by atoms with E-state index in [4.69, 9.17) is 9.16 Å². The molecule has 0 radical (unpaired) electrons. The average Bonchev–Trinajstić information content (AvgIpc) is 3.35. The first-order valence-corrected chi connectivity index (χ1v) is 14.4. The van der Waals surface area contributed by atoms with Gasteiger partial charge in [0.2, 0.25) is 0 Å². The summed E-state index contributed by atoms with van der Waals surface area (Å²) in [6, 6.07) is 8.93. The van der Waals surface area contributed by atoms with Gasteiger partial charge in [0.05, 0.1) is 25.1 Å². The molecule has 2 N–H and O–H groups in total. The number of anilines is 1. The highest BCUT2D eigenvalue weighted by molar-refractivity contribution is 6.74. The lowest BCUT2D eigenvalue weighted by Gasteiger charge is -2.40. The van der Waals surface area contributed by atoms with E-state index in [2.05, 4.69) is 54.1 Å². The first-order valence-electron chi connectivity index (χ1n) is 11.5. The quantitative estimate of drug-likeness (QED) is 0.510. The van der Waals surface area contributed by atoms with Crippen LogP contribution in [0, 0.1) is 5.92 Å². The lowest BCUT2D eigenvalue weighted by Crippen LogP contribution is -2.46. The Morgan fingerprint density at radius 3 is 2.56 bits per heavy atom. The SMILES string of the molecule is C[C@H]1[C@@H](O[Si](C)(C)C(C)(C)C)[C@H](n2cnc3c(NC(=O)c4ccccc4)ncnc32)O[C@@H]1CO. The van der Waals surface area contributed by atoms with Crippen LogP contribution in [-0.2, 0) is 9.16 Å². The van der Waals surface area contributed by atoms with Crippen LogP contribution in [0.1, 0.15) is 44.3 Å². The first kappa shape index (κ1) is 24.5. The zero-order valence-electron chi connectivity index (χ0n) is 20.5. The lowest BCUT2D eigenvalue weighted by atomic mass is 10.0. The van der Waals surface area contributed by atoms with E-state index in [0.29, 0.717) is 22.5 Å². The Hall–Kier alpha value is -2.66. The molecule has 2 aromatic heterocycles. The van der Waals surface area contributed by atoms with Gasteiger partial charge >= 0.3 is 0 Å². The molecule has 10 heteroatoms. The van der Waals surface area contributed by atoms with E-state index in [1.54, 1.807) is 30.6 Å². The minimum Gasteiger partial charge on any atom is -0.409 e. The van der Waals surface area contributed by atoms with Crippen molar-refractivity contribution in [2.75, 3.05) is 11.9 Å². The Labute approximate surface area is 200 Å². The molecule has 1 saturated heterocycles. The summed E-state index contributed by atoms with van der Waals surface area (Å²) in [5, 5.41) is 12.8. The number of ether oxygens (including phenoxy) is 1. The Bertz CT molecular complexity index is 1160. The van der Waals surface area contributed by atoms with Gasteiger partial charge < -0.3 is 19.6 Å². The fourth-order valence-electron chi connectivity index (χ4n) is 3.87. The number of amides is 1. The lowest BCUT2D eigenvalue weighted by molar-refractivity contribution is -0.0467. The third kappa shape index (κ3) is 4.50. The monoisotopic (exact) mass is 483 g/mol. The van der Waals surface area contributed by atoms with Gasteiger partial charge in [-0.15, -0.1) is 0 Å². The zero-order valence-corrected chi connectivity index (χ0v) is 21.5. The van der Waals surface area contributed by atoms with Gasteiger partial charge in [-0.1, -0.05) is 45.9 Å². The Kier molecular flexibility index (Phi) is 6.60. The molecule has 0 unspecified atom stereocenters. The maximum atomic E-state index is 12.7. The summed E-state index contributed by atoms with van der Waals surface area (Å²) in [5.41, 5.74) is 1.51. The average molecular weight is 484 g/mol. The molecule has 1 fully saturated rings. The molecular weight excluding hydrogens is 450 g/mol. The van der Waals surface area contributed by atoms with Crippen molar-refractivity contribution < 1.29 is 19.1 Å². The number of aliphatic hydroxyl groups excluding tert-OH is 1. The molecule has 9 nitrogen and oxygen atoms in total. The Balaban J connectivity index is 1.68. The first-order chi connectivity index (χ1) is 16.0. The molecule has 3 heterocycles. The molecule has 0 aliphatic carbocycles. The number of carbonyl (C=O) groups is 1. The minimum absolute atomic E-state index is 0.0165. The van der Waals surface area contributed by atoms with Crippen molar-refractivity contribution in [1.82, 2.24) is 19.5 Å². The highest BCUT2D eigenvalue weighted by atomic mass is 28.4. The van der Waals surface area contributed by atoms with Gasteiger partial charge in [-0.25, -0.2) is 15.0 Å². The van der Waals surface area contributed by atoms with Gasteiger partial charge in [-0.3, -0.25) is 9.36 Å². The van der Waals surface area contributed by atoms with E-state index in [9.17, 15) is 9.90 Å². The molecule has 182 valence electrons. The van der Waals surface area contributed by atoms with Crippen molar-refractivity contribution >= 4 is 31.2 Å². The van der Waals surface area contributed by atoms with Crippen LogP contribution >= 0.6 is 0 Å². The Morgan fingerprint density at radius 1 is 1.21 bits per heavy atom. The number of carbonyl (C=O) groups excluding carboxylic acids is 1. The summed E-state index contributed by atoms with van der Waals surface area (Å²) >= 11 is 0. The number of nitrogens with one attached hydrogen (secondary N) is 1. The molecule has 0 spiro atoms. The molecule has 4 atom stereocenters. The number of benzene rings is 1. The highest BCUT2D eigenvalue weighted by Crippen LogP contribution is 2.44. The van der Waals surface area contributed by atoms with Crippen LogP contribution in [0.5, 0.6) is 0 Å². The maximum Gasteiger partial charge on any atom is 0.256 e. The van der Waals surface area contributed by atoms with Crippen LogP contribution in [0.25, 0.3) is 11.2 Å². The predicted molar refractivity (Wildman–Crippen MR) is 132 cm³/mol. The summed E-state index contributed by atoms with van der Waals surface area (Å²) in [4.78, 5) is 25.9. The van der Waals surface area contributed by atoms with E-state index in [-0.39, 0.29) is 35.7 Å². The van der Waals surface area contributed by atoms with E-state index >= 15 is 0 Å². The molecule has 1 aliphatic rings. The third-order valence-electron chi connectivity index (χ3n) is 7.02. The van der Waals surface area contributed by atoms with E-state index in [0.717, 1.165) is 0 Å². The maximum absolute atomic E-state index is 12.7. The second-order valence-corrected chi connectivity index (χ2v) is 15.1. The van der Waals surface area contributed by atoms with E-state index in [1.807, 2.05) is 17.6 Å². The summed E-state index contributed by atoms with van der Waals surface area (Å²) in [5.74, 6) is 0.0188. The number of nitrogens with zero attached hydrogens (tertiary/aromatic N) is 4. The smallest absolute Gasteiger partial charge is 0.256 e. The summed E-state index contributed by atoms with van der Waals surface area (Å²) in [7, 11) is -2.13. The Morgan fingerprint density at radius 2 is 1.91 bits per heavy atom. The number of fused-ring (bicyclic) bond motifs is 1. The largest absolute Gasteiger partial charge is 0.409 e. The van der Waals surface area contributed by atoms with Gasteiger partial charge in [0.15, 0.2) is 31.5 Å². The third-order valence-corrected chi connectivity index (χ3v) is 11.5. The van der Waals surface area contributed by atoms with Crippen LogP contribution in [0.15, 0.2) is 43.0 Å². The number of hydrogen-bond acceptors (Lipinski definition) is 7. The zero-order chi connectivity index (χ0) is 24.7. The van der Waals surface area contributed by atoms with Gasteiger partial charge in [0.1, 0.15) is 6.33 Å². The number of aromatic nitrogens is 4. The van der Waals surface area contributed by atoms with Gasteiger partial charge in [0, 0.05) is 11.5 Å². The molecule has 34 heavy (non-hydrogen) atoms. The van der Waals surface area contributed by atoms with Crippen molar-refractivity contribution in [3.05, 3.63) is 48.5 Å². The minimum atomic E-state index is -2.13. The topological polar surface area (TPSA) is 111 Å². The standard InChI is InChI=1S/C24H33N5O4Si/c1-15-17(12-30)32-23(19(15)33-34(5,6)24(2,3)4)29-14-27-18-20(25-13-26-21(18)29)28-22(31)16-10-8-7-9-11-16/h7-11,13-15,17,19,23,30H,12H2,1-6H3,(H,25,26,28,31)/t15-,17-,19-,23-/m1/s1. The van der Waals surface area contributed by atoms with Crippen molar-refractivity contribution in [2.24, 2.45) is 5.92 Å². The van der Waals surface area contributed by atoms with Gasteiger partial charge in [-0.05, 0) is 30.3 Å².